The van der Waals surface area contributed by atoms with Crippen molar-refractivity contribution in [3.05, 3.63) is 83.1 Å². The summed E-state index contributed by atoms with van der Waals surface area (Å²) in [6.07, 6.45) is 0. The van der Waals surface area contributed by atoms with Crippen molar-refractivity contribution >= 4 is 28.8 Å². The smallest absolute Gasteiger partial charge is 0.282 e. The van der Waals surface area contributed by atoms with E-state index in [2.05, 4.69) is 5.32 Å². The number of nitrogens with one attached hydrogen (secondary N) is 1. The summed E-state index contributed by atoms with van der Waals surface area (Å²) in [6.45, 7) is 4.01. The maximum atomic E-state index is 13.7. The van der Waals surface area contributed by atoms with Gasteiger partial charge in [-0.25, -0.2) is 4.90 Å². The molecule has 0 bridgehead atoms. The van der Waals surface area contributed by atoms with Crippen molar-refractivity contribution in [3.63, 3.8) is 0 Å². The topological polar surface area (TPSA) is 77.1 Å². The summed E-state index contributed by atoms with van der Waals surface area (Å²) in [6, 6.07) is 18.1. The standard InChI is InChI=1S/C26H22N2O5/c1-15-10-16(2)12-18(11-15)28-25(29)23(19-6-4-5-7-20(19)31-3)24(26(28)30)27-17-8-9-21-22(13-17)33-14-32-21/h4-13,27H,14H2,1-3H3. The van der Waals surface area contributed by atoms with E-state index in [1.165, 1.54) is 12.0 Å². The third kappa shape index (κ3) is 3.57. The largest absolute Gasteiger partial charge is 0.496 e. The molecule has 1 N–H and O–H groups in total. The molecular weight excluding hydrogens is 420 g/mol. The van der Waals surface area contributed by atoms with Crippen molar-refractivity contribution in [2.45, 2.75) is 13.8 Å². The zero-order valence-electron chi connectivity index (χ0n) is 18.5. The molecule has 0 saturated heterocycles. The van der Waals surface area contributed by atoms with Gasteiger partial charge < -0.3 is 19.5 Å². The summed E-state index contributed by atoms with van der Waals surface area (Å²) in [7, 11) is 1.53. The van der Waals surface area contributed by atoms with Crippen LogP contribution in [0.1, 0.15) is 16.7 Å². The lowest BCUT2D eigenvalue weighted by atomic mass is 10.0. The molecule has 0 atom stereocenters. The van der Waals surface area contributed by atoms with Crippen molar-refractivity contribution in [2.75, 3.05) is 24.1 Å². The summed E-state index contributed by atoms with van der Waals surface area (Å²) in [5.74, 6) is 0.842. The number of rotatable bonds is 5. The Morgan fingerprint density at radius 3 is 2.36 bits per heavy atom. The number of hydrogen-bond acceptors (Lipinski definition) is 6. The monoisotopic (exact) mass is 442 g/mol. The second-order valence-electron chi connectivity index (χ2n) is 7.93. The number of anilines is 2. The molecule has 0 aromatic heterocycles. The summed E-state index contributed by atoms with van der Waals surface area (Å²) in [5, 5.41) is 3.16. The normalized spacial score (nSPS) is 14.8. The second kappa shape index (κ2) is 8.02. The minimum absolute atomic E-state index is 0.145. The van der Waals surface area contributed by atoms with Crippen LogP contribution in [0.15, 0.2) is 66.4 Å². The average Bonchev–Trinajstić information content (AvgIpc) is 3.35. The van der Waals surface area contributed by atoms with Gasteiger partial charge in [-0.1, -0.05) is 24.3 Å². The van der Waals surface area contributed by atoms with Crippen LogP contribution in [-0.2, 0) is 9.59 Å². The molecule has 0 saturated carbocycles. The van der Waals surface area contributed by atoms with Crippen LogP contribution in [-0.4, -0.2) is 25.7 Å². The predicted octanol–water partition coefficient (Wildman–Crippen LogP) is 4.44. The highest BCUT2D eigenvalue weighted by Crippen LogP contribution is 2.39. The quantitative estimate of drug-likeness (QED) is 0.589. The maximum absolute atomic E-state index is 13.7. The Bertz CT molecular complexity index is 1310. The maximum Gasteiger partial charge on any atom is 0.282 e. The van der Waals surface area contributed by atoms with Crippen LogP contribution < -0.4 is 24.4 Å². The number of methoxy groups -OCH3 is 1. The first-order valence-corrected chi connectivity index (χ1v) is 10.5. The molecular formula is C26H22N2O5. The van der Waals surface area contributed by atoms with Crippen LogP contribution in [0, 0.1) is 13.8 Å². The van der Waals surface area contributed by atoms with Gasteiger partial charge in [0.1, 0.15) is 11.4 Å². The van der Waals surface area contributed by atoms with Gasteiger partial charge in [0, 0.05) is 17.3 Å². The molecule has 33 heavy (non-hydrogen) atoms. The highest BCUT2D eigenvalue weighted by atomic mass is 16.7. The molecule has 0 aliphatic carbocycles. The van der Waals surface area contributed by atoms with Gasteiger partial charge in [-0.15, -0.1) is 0 Å². The van der Waals surface area contributed by atoms with Crippen molar-refractivity contribution in [1.82, 2.24) is 0 Å². The Hall–Kier alpha value is -4.26. The number of imide groups is 1. The van der Waals surface area contributed by atoms with Gasteiger partial charge in [0.2, 0.25) is 6.79 Å². The van der Waals surface area contributed by atoms with Gasteiger partial charge in [0.15, 0.2) is 11.5 Å². The molecule has 0 radical (unpaired) electrons. The summed E-state index contributed by atoms with van der Waals surface area (Å²) in [5.41, 5.74) is 4.00. The molecule has 0 unspecified atom stereocenters. The molecule has 7 heteroatoms. The minimum atomic E-state index is -0.441. The third-order valence-electron chi connectivity index (χ3n) is 5.57. The van der Waals surface area contributed by atoms with Crippen LogP contribution in [0.5, 0.6) is 17.2 Å². The molecule has 2 aliphatic heterocycles. The van der Waals surface area contributed by atoms with Crippen LogP contribution in [0.4, 0.5) is 11.4 Å². The zero-order chi connectivity index (χ0) is 23.1. The average molecular weight is 442 g/mol. The molecule has 0 fully saturated rings. The molecule has 5 rings (SSSR count). The lowest BCUT2D eigenvalue weighted by Crippen LogP contribution is -2.32. The van der Waals surface area contributed by atoms with Crippen molar-refractivity contribution in [1.29, 1.82) is 0 Å². The highest BCUT2D eigenvalue weighted by Gasteiger charge is 2.41. The SMILES string of the molecule is COc1ccccc1C1=C(Nc2ccc3c(c2)OCO3)C(=O)N(c2cc(C)cc(C)c2)C1=O. The predicted molar refractivity (Wildman–Crippen MR) is 125 cm³/mol. The van der Waals surface area contributed by atoms with E-state index in [-0.39, 0.29) is 18.1 Å². The van der Waals surface area contributed by atoms with Gasteiger partial charge >= 0.3 is 0 Å². The Morgan fingerprint density at radius 1 is 0.879 bits per heavy atom. The Morgan fingerprint density at radius 2 is 1.61 bits per heavy atom. The van der Waals surface area contributed by atoms with Crippen molar-refractivity contribution < 1.29 is 23.8 Å². The number of aryl methyl sites for hydroxylation is 2. The number of para-hydroxylation sites is 1. The Balaban J connectivity index is 1.64. The van der Waals surface area contributed by atoms with Crippen LogP contribution in [0.25, 0.3) is 5.57 Å². The first kappa shape index (κ1) is 20.6. The van der Waals surface area contributed by atoms with Crippen molar-refractivity contribution in [2.24, 2.45) is 0 Å². The van der Waals surface area contributed by atoms with E-state index in [0.29, 0.717) is 34.2 Å². The van der Waals surface area contributed by atoms with E-state index in [1.807, 2.05) is 38.1 Å². The van der Waals surface area contributed by atoms with Crippen molar-refractivity contribution in [3.8, 4) is 17.2 Å². The van der Waals surface area contributed by atoms with E-state index in [0.717, 1.165) is 11.1 Å². The number of amides is 2. The lowest BCUT2D eigenvalue weighted by Gasteiger charge is -2.17. The molecule has 0 spiro atoms. The molecule has 2 aliphatic rings. The third-order valence-corrected chi connectivity index (χ3v) is 5.57. The van der Waals surface area contributed by atoms with Gasteiger partial charge in [-0.2, -0.15) is 0 Å². The Labute approximate surface area is 191 Å². The number of ether oxygens (including phenoxy) is 3. The molecule has 2 amide bonds. The first-order chi connectivity index (χ1) is 16.0. The summed E-state index contributed by atoms with van der Waals surface area (Å²) in [4.78, 5) is 28.6. The molecule has 3 aromatic carbocycles. The second-order valence-corrected chi connectivity index (χ2v) is 7.93. The Kier molecular flexibility index (Phi) is 5.01. The number of hydrogen-bond donors (Lipinski definition) is 1. The van der Waals surface area contributed by atoms with E-state index < -0.39 is 11.8 Å². The first-order valence-electron chi connectivity index (χ1n) is 10.5. The number of nitrogens with zero attached hydrogens (tertiary/aromatic N) is 1. The van der Waals surface area contributed by atoms with Gasteiger partial charge in [0.25, 0.3) is 11.8 Å². The van der Waals surface area contributed by atoms with Crippen LogP contribution in [0.3, 0.4) is 0 Å². The number of benzene rings is 3. The number of fused-ring (bicyclic) bond motifs is 1. The number of carbonyl (C=O) groups is 2. The van der Waals surface area contributed by atoms with E-state index in [4.69, 9.17) is 14.2 Å². The lowest BCUT2D eigenvalue weighted by molar-refractivity contribution is -0.120. The van der Waals surface area contributed by atoms with Crippen LogP contribution in [0.2, 0.25) is 0 Å². The molecule has 7 nitrogen and oxygen atoms in total. The molecule has 3 aromatic rings. The molecule has 166 valence electrons. The van der Waals surface area contributed by atoms with Gasteiger partial charge in [-0.05, 0) is 55.3 Å². The molecule has 2 heterocycles. The highest BCUT2D eigenvalue weighted by molar-refractivity contribution is 6.46. The zero-order valence-corrected chi connectivity index (χ0v) is 18.5. The van der Waals surface area contributed by atoms with E-state index >= 15 is 0 Å². The fourth-order valence-electron chi connectivity index (χ4n) is 4.18. The number of carbonyl (C=O) groups excluding carboxylic acids is 2. The summed E-state index contributed by atoms with van der Waals surface area (Å²) < 4.78 is 16.3. The van der Waals surface area contributed by atoms with Gasteiger partial charge in [-0.3, -0.25) is 9.59 Å². The van der Waals surface area contributed by atoms with E-state index in [1.54, 1.807) is 36.4 Å². The fourth-order valence-corrected chi connectivity index (χ4v) is 4.18. The van der Waals surface area contributed by atoms with E-state index in [9.17, 15) is 9.59 Å². The van der Waals surface area contributed by atoms with Gasteiger partial charge in [0.05, 0.1) is 18.4 Å². The van der Waals surface area contributed by atoms with Crippen LogP contribution >= 0.6 is 0 Å². The fraction of sp³-hybridized carbons (Fsp3) is 0.154. The minimum Gasteiger partial charge on any atom is -0.496 e. The summed E-state index contributed by atoms with van der Waals surface area (Å²) >= 11 is 0.